The van der Waals surface area contributed by atoms with Crippen LogP contribution in [0.5, 0.6) is 0 Å². The highest BCUT2D eigenvalue weighted by Crippen LogP contribution is 2.32. The van der Waals surface area contributed by atoms with Gasteiger partial charge in [-0.05, 0) is 53.2 Å². The highest BCUT2D eigenvalue weighted by Gasteiger charge is 2.44. The highest BCUT2D eigenvalue weighted by molar-refractivity contribution is 5.80. The topological polar surface area (TPSA) is 43.8 Å². The first-order valence-electron chi connectivity index (χ1n) is 6.61. The Bertz CT molecular complexity index is 296. The van der Waals surface area contributed by atoms with Crippen LogP contribution in [-0.4, -0.2) is 59.1 Å². The van der Waals surface area contributed by atoms with Gasteiger partial charge in [0.25, 0.3) is 0 Å². The minimum atomic E-state index is -0.388. The maximum Gasteiger partial charge on any atom is 0.226 e. The molecule has 0 aromatic heterocycles. The Kier molecular flexibility index (Phi) is 3.46. The molecule has 2 heterocycles. The Morgan fingerprint density at radius 2 is 1.76 bits per heavy atom. The number of nitrogens with zero attached hydrogens (tertiary/aromatic N) is 2. The maximum atomic E-state index is 12.5. The number of rotatable bonds is 1. The molecule has 2 fully saturated rings. The average molecular weight is 240 g/mol. The van der Waals surface area contributed by atoms with Crippen molar-refractivity contribution in [2.45, 2.75) is 44.8 Å². The van der Waals surface area contributed by atoms with Crippen LogP contribution in [0.1, 0.15) is 33.1 Å². The summed E-state index contributed by atoms with van der Waals surface area (Å²) in [5, 5.41) is 9.91. The Hall–Kier alpha value is -0.610. The van der Waals surface area contributed by atoms with Crippen molar-refractivity contribution in [2.75, 3.05) is 26.7 Å². The van der Waals surface area contributed by atoms with Crippen molar-refractivity contribution in [3.05, 3.63) is 0 Å². The third-order valence-corrected chi connectivity index (χ3v) is 4.47. The Morgan fingerprint density at radius 1 is 1.18 bits per heavy atom. The van der Waals surface area contributed by atoms with Crippen molar-refractivity contribution in [2.24, 2.45) is 5.92 Å². The molecule has 2 aliphatic rings. The van der Waals surface area contributed by atoms with Gasteiger partial charge in [-0.1, -0.05) is 0 Å². The molecule has 0 aromatic rings. The van der Waals surface area contributed by atoms with Gasteiger partial charge in [-0.2, -0.15) is 0 Å². The molecule has 2 saturated heterocycles. The number of hydrogen-bond donors (Lipinski definition) is 1. The minimum Gasteiger partial charge on any atom is -0.391 e. The van der Waals surface area contributed by atoms with Gasteiger partial charge in [-0.25, -0.2) is 0 Å². The van der Waals surface area contributed by atoms with E-state index in [2.05, 4.69) is 11.9 Å². The Balaban J connectivity index is 2.01. The van der Waals surface area contributed by atoms with Crippen LogP contribution in [0.2, 0.25) is 0 Å². The van der Waals surface area contributed by atoms with Gasteiger partial charge < -0.3 is 14.9 Å². The molecule has 1 N–H and O–H groups in total. The summed E-state index contributed by atoms with van der Waals surface area (Å²) in [6.45, 7) is 6.66. The van der Waals surface area contributed by atoms with Gasteiger partial charge in [-0.3, -0.25) is 4.79 Å². The molecule has 0 spiro atoms. The summed E-state index contributed by atoms with van der Waals surface area (Å²) in [5.74, 6) is 0.412. The SMILES string of the molecule is CN1CCC(C(=O)N2CCC(O)C2(C)C)CC1. The quantitative estimate of drug-likeness (QED) is 0.734. The molecule has 17 heavy (non-hydrogen) atoms. The first-order valence-corrected chi connectivity index (χ1v) is 6.61. The van der Waals surface area contributed by atoms with E-state index in [4.69, 9.17) is 0 Å². The van der Waals surface area contributed by atoms with Gasteiger partial charge >= 0.3 is 0 Å². The van der Waals surface area contributed by atoms with Crippen molar-refractivity contribution in [1.29, 1.82) is 0 Å². The van der Waals surface area contributed by atoms with Crippen LogP contribution in [-0.2, 0) is 4.79 Å². The first kappa shape index (κ1) is 12.8. The number of aliphatic hydroxyl groups is 1. The molecule has 0 aromatic carbocycles. The monoisotopic (exact) mass is 240 g/mol. The molecule has 1 amide bonds. The number of piperidine rings is 1. The van der Waals surface area contributed by atoms with Gasteiger partial charge in [-0.15, -0.1) is 0 Å². The molecule has 4 heteroatoms. The van der Waals surface area contributed by atoms with Crippen LogP contribution < -0.4 is 0 Å². The van der Waals surface area contributed by atoms with E-state index in [0.717, 1.165) is 25.9 Å². The molecule has 1 unspecified atom stereocenters. The second-order valence-corrected chi connectivity index (χ2v) is 6.03. The van der Waals surface area contributed by atoms with Crippen molar-refractivity contribution < 1.29 is 9.90 Å². The molecule has 2 rings (SSSR count). The number of likely N-dealkylation sites (tertiary alicyclic amines) is 2. The molecule has 0 aliphatic carbocycles. The van der Waals surface area contributed by atoms with Gasteiger partial charge in [0.15, 0.2) is 0 Å². The molecular formula is C13H24N2O2. The fourth-order valence-electron chi connectivity index (χ4n) is 2.94. The van der Waals surface area contributed by atoms with Gasteiger partial charge in [0.1, 0.15) is 0 Å². The van der Waals surface area contributed by atoms with E-state index < -0.39 is 0 Å². The lowest BCUT2D eigenvalue weighted by Crippen LogP contribution is -2.51. The van der Waals surface area contributed by atoms with Crippen LogP contribution in [0, 0.1) is 5.92 Å². The van der Waals surface area contributed by atoms with Crippen LogP contribution in [0.25, 0.3) is 0 Å². The largest absolute Gasteiger partial charge is 0.391 e. The second-order valence-electron chi connectivity index (χ2n) is 6.03. The van der Waals surface area contributed by atoms with Crippen molar-refractivity contribution >= 4 is 5.91 Å². The molecule has 98 valence electrons. The van der Waals surface area contributed by atoms with Crippen molar-refractivity contribution in [3.63, 3.8) is 0 Å². The smallest absolute Gasteiger partial charge is 0.226 e. The molecule has 4 nitrogen and oxygen atoms in total. The Labute approximate surface area is 104 Å². The average Bonchev–Trinajstić information content (AvgIpc) is 2.54. The summed E-state index contributed by atoms with van der Waals surface area (Å²) in [7, 11) is 2.10. The third-order valence-electron chi connectivity index (χ3n) is 4.47. The van der Waals surface area contributed by atoms with E-state index >= 15 is 0 Å². The fourth-order valence-corrected chi connectivity index (χ4v) is 2.94. The zero-order valence-electron chi connectivity index (χ0n) is 11.1. The van der Waals surface area contributed by atoms with E-state index in [1.807, 2.05) is 18.7 Å². The van der Waals surface area contributed by atoms with Crippen LogP contribution in [0.4, 0.5) is 0 Å². The van der Waals surface area contributed by atoms with E-state index in [1.165, 1.54) is 0 Å². The number of hydrogen-bond acceptors (Lipinski definition) is 3. The summed E-state index contributed by atoms with van der Waals surface area (Å²) < 4.78 is 0. The van der Waals surface area contributed by atoms with Crippen LogP contribution >= 0.6 is 0 Å². The molecule has 2 aliphatic heterocycles. The molecule has 0 bridgehead atoms. The van der Waals surface area contributed by atoms with Crippen LogP contribution in [0.15, 0.2) is 0 Å². The van der Waals surface area contributed by atoms with Crippen LogP contribution in [0.3, 0.4) is 0 Å². The standard InChI is InChI=1S/C13H24N2O2/c1-13(2)11(16)6-9-15(13)12(17)10-4-7-14(3)8-5-10/h10-11,16H,4-9H2,1-3H3. The lowest BCUT2D eigenvalue weighted by molar-refractivity contribution is -0.142. The Morgan fingerprint density at radius 3 is 2.24 bits per heavy atom. The lowest BCUT2D eigenvalue weighted by atomic mass is 9.92. The summed E-state index contributed by atoms with van der Waals surface area (Å²) in [6.07, 6.45) is 2.25. The first-order chi connectivity index (χ1) is 7.93. The van der Waals surface area contributed by atoms with E-state index in [-0.39, 0.29) is 23.5 Å². The summed E-state index contributed by atoms with van der Waals surface area (Å²) >= 11 is 0. The van der Waals surface area contributed by atoms with E-state index in [9.17, 15) is 9.90 Å². The number of carbonyl (C=O) groups is 1. The number of amides is 1. The van der Waals surface area contributed by atoms with Gasteiger partial charge in [0.05, 0.1) is 11.6 Å². The summed E-state index contributed by atoms with van der Waals surface area (Å²) in [6, 6.07) is 0. The van der Waals surface area contributed by atoms with Crippen molar-refractivity contribution in [3.8, 4) is 0 Å². The van der Waals surface area contributed by atoms with Gasteiger partial charge in [0.2, 0.25) is 5.91 Å². The normalized spacial score (nSPS) is 30.8. The second kappa shape index (κ2) is 4.58. The molecule has 0 radical (unpaired) electrons. The number of carbonyl (C=O) groups excluding carboxylic acids is 1. The summed E-state index contributed by atoms with van der Waals surface area (Å²) in [4.78, 5) is 16.6. The van der Waals surface area contributed by atoms with E-state index in [1.54, 1.807) is 0 Å². The lowest BCUT2D eigenvalue weighted by Gasteiger charge is -2.38. The van der Waals surface area contributed by atoms with Crippen molar-refractivity contribution in [1.82, 2.24) is 9.80 Å². The molecular weight excluding hydrogens is 216 g/mol. The predicted octanol–water partition coefficient (Wildman–Crippen LogP) is 0.700. The van der Waals surface area contributed by atoms with Gasteiger partial charge in [0, 0.05) is 12.5 Å². The molecule has 0 saturated carbocycles. The number of aliphatic hydroxyl groups excluding tert-OH is 1. The zero-order valence-corrected chi connectivity index (χ0v) is 11.1. The molecule has 1 atom stereocenters. The highest BCUT2D eigenvalue weighted by atomic mass is 16.3. The minimum absolute atomic E-state index is 0.163. The van der Waals surface area contributed by atoms with E-state index in [0.29, 0.717) is 13.0 Å². The fraction of sp³-hybridized carbons (Fsp3) is 0.923. The predicted molar refractivity (Wildman–Crippen MR) is 66.6 cm³/mol. The zero-order chi connectivity index (χ0) is 12.6. The maximum absolute atomic E-state index is 12.5. The third kappa shape index (κ3) is 2.33. The summed E-state index contributed by atoms with van der Waals surface area (Å²) in [5.41, 5.74) is -0.388.